The Morgan fingerprint density at radius 2 is 2.38 bits per heavy atom. The summed E-state index contributed by atoms with van der Waals surface area (Å²) < 4.78 is 5.71. The predicted octanol–water partition coefficient (Wildman–Crippen LogP) is 1.62. The molecule has 2 N–H and O–H groups in total. The smallest absolute Gasteiger partial charge is 0.252 e. The number of hydrogen-bond acceptors (Lipinski definition) is 3. The largest absolute Gasteiger partial charge is 0.374 e. The van der Waals surface area contributed by atoms with E-state index in [2.05, 4.69) is 22.1 Å². The maximum atomic E-state index is 12.4. The lowest BCUT2D eigenvalue weighted by molar-refractivity contribution is -0.0245. The Hall–Kier alpha value is -1.85. The molecule has 2 aromatic rings. The van der Waals surface area contributed by atoms with Crippen LogP contribution in [0.2, 0.25) is 0 Å². The van der Waals surface area contributed by atoms with Gasteiger partial charge in [0.25, 0.3) is 5.91 Å². The van der Waals surface area contributed by atoms with Crippen LogP contribution in [0, 0.1) is 0 Å². The van der Waals surface area contributed by atoms with Gasteiger partial charge in [0.1, 0.15) is 0 Å². The Kier molecular flexibility index (Phi) is 4.22. The van der Waals surface area contributed by atoms with E-state index in [1.807, 2.05) is 30.5 Å². The fourth-order valence-electron chi connectivity index (χ4n) is 2.78. The van der Waals surface area contributed by atoms with Gasteiger partial charge >= 0.3 is 0 Å². The van der Waals surface area contributed by atoms with Crippen LogP contribution in [0.4, 0.5) is 0 Å². The second-order valence-electron chi connectivity index (χ2n) is 5.34. The summed E-state index contributed by atoms with van der Waals surface area (Å²) in [4.78, 5) is 17.8. The molecule has 1 saturated heterocycles. The topological polar surface area (TPSA) is 57.4 Å². The summed E-state index contributed by atoms with van der Waals surface area (Å²) in [5.41, 5.74) is 1.69. The van der Waals surface area contributed by atoms with Crippen molar-refractivity contribution >= 4 is 16.8 Å². The van der Waals surface area contributed by atoms with Gasteiger partial charge in [-0.2, -0.15) is 0 Å². The molecule has 5 nitrogen and oxygen atoms in total. The second-order valence-corrected chi connectivity index (χ2v) is 5.34. The van der Waals surface area contributed by atoms with Crippen LogP contribution in [0.5, 0.6) is 0 Å². The first-order valence-electron chi connectivity index (χ1n) is 7.46. The Bertz CT molecular complexity index is 623. The van der Waals surface area contributed by atoms with Crippen LogP contribution in [0.1, 0.15) is 17.3 Å². The molecule has 0 spiro atoms. The maximum Gasteiger partial charge on any atom is 0.252 e. The third-order valence-corrected chi connectivity index (χ3v) is 4.00. The molecule has 112 valence electrons. The Labute approximate surface area is 124 Å². The molecule has 5 heteroatoms. The molecule has 1 unspecified atom stereocenters. The van der Waals surface area contributed by atoms with Crippen LogP contribution in [0.3, 0.4) is 0 Å². The van der Waals surface area contributed by atoms with Crippen LogP contribution in [0.15, 0.2) is 30.5 Å². The molecule has 3 rings (SSSR count). The molecule has 1 aliphatic rings. The number of hydrogen-bond donors (Lipinski definition) is 2. The van der Waals surface area contributed by atoms with E-state index in [9.17, 15) is 4.79 Å². The lowest BCUT2D eigenvalue weighted by Crippen LogP contribution is -2.47. The van der Waals surface area contributed by atoms with Gasteiger partial charge in [-0.3, -0.25) is 9.69 Å². The van der Waals surface area contributed by atoms with Crippen molar-refractivity contribution in [2.45, 2.75) is 13.0 Å². The number of amides is 1. The van der Waals surface area contributed by atoms with Gasteiger partial charge in [0.2, 0.25) is 0 Å². The summed E-state index contributed by atoms with van der Waals surface area (Å²) in [5.74, 6) is -0.0441. The zero-order valence-electron chi connectivity index (χ0n) is 12.3. The number of aromatic amines is 1. The van der Waals surface area contributed by atoms with Crippen molar-refractivity contribution in [3.63, 3.8) is 0 Å². The van der Waals surface area contributed by atoms with Crippen LogP contribution < -0.4 is 5.32 Å². The second kappa shape index (κ2) is 6.28. The van der Waals surface area contributed by atoms with E-state index >= 15 is 0 Å². The number of H-pyrrole nitrogens is 1. The van der Waals surface area contributed by atoms with Crippen molar-refractivity contribution in [2.75, 3.05) is 32.8 Å². The SMILES string of the molecule is CCN1CCOC(CNC(=O)c2cccc3[nH]ccc23)C1. The normalized spacial score (nSPS) is 19.8. The summed E-state index contributed by atoms with van der Waals surface area (Å²) >= 11 is 0. The van der Waals surface area contributed by atoms with Crippen molar-refractivity contribution in [3.8, 4) is 0 Å². The van der Waals surface area contributed by atoms with Gasteiger partial charge in [-0.15, -0.1) is 0 Å². The van der Waals surface area contributed by atoms with E-state index in [0.29, 0.717) is 12.1 Å². The molecule has 0 bridgehead atoms. The monoisotopic (exact) mass is 287 g/mol. The Morgan fingerprint density at radius 1 is 1.48 bits per heavy atom. The first-order valence-corrected chi connectivity index (χ1v) is 7.46. The number of benzene rings is 1. The van der Waals surface area contributed by atoms with Crippen LogP contribution >= 0.6 is 0 Å². The maximum absolute atomic E-state index is 12.4. The molecule has 2 heterocycles. The van der Waals surface area contributed by atoms with E-state index in [0.717, 1.165) is 37.1 Å². The van der Waals surface area contributed by atoms with E-state index in [1.54, 1.807) is 0 Å². The standard InChI is InChI=1S/C16H21N3O2/c1-2-19-8-9-21-12(11-19)10-18-16(20)14-4-3-5-15-13(14)6-7-17-15/h3-7,12,17H,2,8-11H2,1H3,(H,18,20). The van der Waals surface area contributed by atoms with Gasteiger partial charge in [-0.05, 0) is 24.7 Å². The zero-order chi connectivity index (χ0) is 14.7. The highest BCUT2D eigenvalue weighted by Gasteiger charge is 2.20. The number of rotatable bonds is 4. The molecular weight excluding hydrogens is 266 g/mol. The molecule has 1 aromatic carbocycles. The van der Waals surface area contributed by atoms with Crippen molar-refractivity contribution < 1.29 is 9.53 Å². The van der Waals surface area contributed by atoms with Crippen molar-refractivity contribution in [3.05, 3.63) is 36.0 Å². The summed E-state index contributed by atoms with van der Waals surface area (Å²) in [7, 11) is 0. The number of nitrogens with one attached hydrogen (secondary N) is 2. The fourth-order valence-corrected chi connectivity index (χ4v) is 2.78. The van der Waals surface area contributed by atoms with Crippen molar-refractivity contribution in [1.82, 2.24) is 15.2 Å². The summed E-state index contributed by atoms with van der Waals surface area (Å²) in [6.07, 6.45) is 1.93. The molecular formula is C16H21N3O2. The predicted molar refractivity (Wildman–Crippen MR) is 82.5 cm³/mol. The van der Waals surface area contributed by atoms with Crippen LogP contribution in [-0.2, 0) is 4.74 Å². The lowest BCUT2D eigenvalue weighted by Gasteiger charge is -2.32. The van der Waals surface area contributed by atoms with Crippen molar-refractivity contribution in [1.29, 1.82) is 0 Å². The fraction of sp³-hybridized carbons (Fsp3) is 0.438. The number of nitrogens with zero attached hydrogens (tertiary/aromatic N) is 1. The van der Waals surface area contributed by atoms with Gasteiger partial charge < -0.3 is 15.0 Å². The highest BCUT2D eigenvalue weighted by molar-refractivity contribution is 6.06. The molecule has 1 amide bonds. The summed E-state index contributed by atoms with van der Waals surface area (Å²) in [5, 5.41) is 3.94. The summed E-state index contributed by atoms with van der Waals surface area (Å²) in [6.45, 7) is 6.32. The molecule has 1 atom stereocenters. The van der Waals surface area contributed by atoms with Crippen LogP contribution in [0.25, 0.3) is 10.9 Å². The van der Waals surface area contributed by atoms with E-state index in [1.165, 1.54) is 0 Å². The molecule has 0 radical (unpaired) electrons. The molecule has 0 saturated carbocycles. The van der Waals surface area contributed by atoms with Gasteiger partial charge in [0, 0.05) is 42.3 Å². The third-order valence-electron chi connectivity index (χ3n) is 4.00. The van der Waals surface area contributed by atoms with Crippen LogP contribution in [-0.4, -0.2) is 54.7 Å². The van der Waals surface area contributed by atoms with E-state index in [4.69, 9.17) is 4.74 Å². The molecule has 21 heavy (non-hydrogen) atoms. The first kappa shape index (κ1) is 14.1. The first-order chi connectivity index (χ1) is 10.3. The minimum atomic E-state index is -0.0441. The molecule has 1 aliphatic heterocycles. The molecule has 1 aromatic heterocycles. The lowest BCUT2D eigenvalue weighted by atomic mass is 10.1. The summed E-state index contributed by atoms with van der Waals surface area (Å²) in [6, 6.07) is 7.64. The number of carbonyl (C=O) groups excluding carboxylic acids is 1. The number of likely N-dealkylation sites (N-methyl/N-ethyl adjacent to an activating group) is 1. The van der Waals surface area contributed by atoms with Gasteiger partial charge in [-0.1, -0.05) is 13.0 Å². The number of carbonyl (C=O) groups is 1. The van der Waals surface area contributed by atoms with E-state index < -0.39 is 0 Å². The zero-order valence-corrected chi connectivity index (χ0v) is 12.3. The van der Waals surface area contributed by atoms with Gasteiger partial charge in [-0.25, -0.2) is 0 Å². The number of morpholine rings is 1. The average molecular weight is 287 g/mol. The highest BCUT2D eigenvalue weighted by Crippen LogP contribution is 2.17. The average Bonchev–Trinajstić information content (AvgIpc) is 3.01. The number of aromatic nitrogens is 1. The van der Waals surface area contributed by atoms with Crippen molar-refractivity contribution in [2.24, 2.45) is 0 Å². The Balaban J connectivity index is 1.63. The van der Waals surface area contributed by atoms with Gasteiger partial charge in [0.15, 0.2) is 0 Å². The highest BCUT2D eigenvalue weighted by atomic mass is 16.5. The number of fused-ring (bicyclic) bond motifs is 1. The Morgan fingerprint density at radius 3 is 3.24 bits per heavy atom. The third kappa shape index (κ3) is 3.09. The van der Waals surface area contributed by atoms with Gasteiger partial charge in [0.05, 0.1) is 12.7 Å². The quantitative estimate of drug-likeness (QED) is 0.898. The van der Waals surface area contributed by atoms with E-state index in [-0.39, 0.29) is 12.0 Å². The minimum Gasteiger partial charge on any atom is -0.374 e. The molecule has 0 aliphatic carbocycles. The minimum absolute atomic E-state index is 0.0441. The number of ether oxygens (including phenoxy) is 1. The molecule has 1 fully saturated rings.